The third-order valence-electron chi connectivity index (χ3n) is 3.54. The van der Waals surface area contributed by atoms with Crippen LogP contribution in [0.5, 0.6) is 0 Å². The molecule has 2 N–H and O–H groups in total. The summed E-state index contributed by atoms with van der Waals surface area (Å²) in [5, 5.41) is 3.81. The topological polar surface area (TPSA) is 71.2 Å². The third-order valence-corrected chi connectivity index (χ3v) is 3.85. The Bertz CT molecular complexity index is 918. The van der Waals surface area contributed by atoms with Gasteiger partial charge in [-0.2, -0.15) is 0 Å². The highest BCUT2D eigenvalue weighted by molar-refractivity contribution is 6.33. The van der Waals surface area contributed by atoms with E-state index in [4.69, 9.17) is 16.3 Å². The van der Waals surface area contributed by atoms with Gasteiger partial charge < -0.3 is 15.0 Å². The van der Waals surface area contributed by atoms with Crippen LogP contribution in [-0.2, 0) is 9.53 Å². The Balaban J connectivity index is 1.62. The Labute approximate surface area is 143 Å². The zero-order valence-electron chi connectivity index (χ0n) is 12.9. The number of benzene rings is 2. The number of nitrogens with one attached hydrogen (secondary N) is 2. The van der Waals surface area contributed by atoms with Gasteiger partial charge >= 0.3 is 5.97 Å². The van der Waals surface area contributed by atoms with Crippen LogP contribution in [0.2, 0.25) is 5.02 Å². The van der Waals surface area contributed by atoms with E-state index in [1.54, 1.807) is 18.3 Å². The predicted octanol–water partition coefficient (Wildman–Crippen LogP) is 3.93. The molecule has 0 bridgehead atoms. The molecule has 1 heterocycles. The van der Waals surface area contributed by atoms with Gasteiger partial charge in [0.1, 0.15) is 0 Å². The number of aryl methyl sites for hydroxylation is 1. The van der Waals surface area contributed by atoms with Gasteiger partial charge in [0.05, 0.1) is 16.3 Å². The number of fused-ring (bicyclic) bond motifs is 1. The van der Waals surface area contributed by atoms with Crippen molar-refractivity contribution in [2.75, 3.05) is 11.9 Å². The number of carbonyl (C=O) groups excluding carboxylic acids is 2. The maximum atomic E-state index is 12.1. The minimum absolute atomic E-state index is 0.386. The van der Waals surface area contributed by atoms with Crippen molar-refractivity contribution in [3.05, 3.63) is 64.8 Å². The van der Waals surface area contributed by atoms with Crippen LogP contribution in [0.25, 0.3) is 10.9 Å². The Kier molecular flexibility index (Phi) is 4.53. The number of rotatable bonds is 4. The molecule has 0 unspecified atom stereocenters. The lowest BCUT2D eigenvalue weighted by atomic mass is 10.2. The second-order valence-corrected chi connectivity index (χ2v) is 5.76. The summed E-state index contributed by atoms with van der Waals surface area (Å²) in [4.78, 5) is 27.1. The number of halogens is 1. The number of ether oxygens (including phenoxy) is 1. The van der Waals surface area contributed by atoms with Crippen LogP contribution in [0.4, 0.5) is 5.69 Å². The van der Waals surface area contributed by atoms with Crippen LogP contribution in [0.15, 0.2) is 48.7 Å². The lowest BCUT2D eigenvalue weighted by molar-refractivity contribution is -0.119. The number of hydrogen-bond donors (Lipinski definition) is 2. The average molecular weight is 343 g/mol. The monoisotopic (exact) mass is 342 g/mol. The van der Waals surface area contributed by atoms with Crippen LogP contribution in [0.3, 0.4) is 0 Å². The van der Waals surface area contributed by atoms with Crippen LogP contribution in [0.1, 0.15) is 15.9 Å². The Morgan fingerprint density at radius 1 is 1.21 bits per heavy atom. The van der Waals surface area contributed by atoms with Crippen molar-refractivity contribution in [2.24, 2.45) is 0 Å². The maximum absolute atomic E-state index is 12.1. The smallest absolute Gasteiger partial charge is 0.340 e. The standard InChI is InChI=1S/C18H15ClN2O3/c1-11-6-7-16(14(19)8-11)21-17(22)10-24-18(23)13-9-20-15-5-3-2-4-12(13)15/h2-9,20H,10H2,1H3,(H,21,22). The van der Waals surface area contributed by atoms with Gasteiger partial charge in [-0.25, -0.2) is 4.79 Å². The van der Waals surface area contributed by atoms with Crippen molar-refractivity contribution in [1.29, 1.82) is 0 Å². The summed E-state index contributed by atoms with van der Waals surface area (Å²) >= 11 is 6.06. The molecule has 3 rings (SSSR count). The van der Waals surface area contributed by atoms with Gasteiger partial charge in [0, 0.05) is 17.1 Å². The van der Waals surface area contributed by atoms with Crippen LogP contribution >= 0.6 is 11.6 Å². The summed E-state index contributed by atoms with van der Waals surface area (Å²) in [5.74, 6) is -1.01. The van der Waals surface area contributed by atoms with Crippen molar-refractivity contribution in [2.45, 2.75) is 6.92 Å². The Morgan fingerprint density at radius 2 is 2.00 bits per heavy atom. The molecule has 0 spiro atoms. The van der Waals surface area contributed by atoms with Crippen molar-refractivity contribution >= 4 is 40.1 Å². The lowest BCUT2D eigenvalue weighted by Crippen LogP contribution is -2.21. The molecule has 1 amide bonds. The molecule has 24 heavy (non-hydrogen) atoms. The average Bonchev–Trinajstić information content (AvgIpc) is 2.99. The second kappa shape index (κ2) is 6.76. The van der Waals surface area contributed by atoms with Gasteiger partial charge in [-0.15, -0.1) is 0 Å². The zero-order chi connectivity index (χ0) is 17.1. The number of anilines is 1. The van der Waals surface area contributed by atoms with E-state index in [-0.39, 0.29) is 6.61 Å². The number of esters is 1. The van der Waals surface area contributed by atoms with Gasteiger partial charge in [0.25, 0.3) is 5.91 Å². The van der Waals surface area contributed by atoms with Gasteiger partial charge in [0.15, 0.2) is 6.61 Å². The predicted molar refractivity (Wildman–Crippen MR) is 93.4 cm³/mol. The molecular formula is C18H15ClN2O3. The molecule has 0 fully saturated rings. The van der Waals surface area contributed by atoms with E-state index in [0.29, 0.717) is 16.3 Å². The highest BCUT2D eigenvalue weighted by Crippen LogP contribution is 2.22. The van der Waals surface area contributed by atoms with Crippen LogP contribution in [0, 0.1) is 6.92 Å². The number of aromatic nitrogens is 1. The molecule has 0 aliphatic carbocycles. The zero-order valence-corrected chi connectivity index (χ0v) is 13.7. The molecule has 2 aromatic carbocycles. The number of aromatic amines is 1. The number of carbonyl (C=O) groups is 2. The van der Waals surface area contributed by atoms with Crippen molar-refractivity contribution < 1.29 is 14.3 Å². The van der Waals surface area contributed by atoms with Crippen molar-refractivity contribution in [3.63, 3.8) is 0 Å². The first-order valence-corrected chi connectivity index (χ1v) is 7.71. The molecule has 3 aromatic rings. The van der Waals surface area contributed by atoms with Gasteiger partial charge in [-0.1, -0.05) is 35.9 Å². The fourth-order valence-electron chi connectivity index (χ4n) is 2.36. The van der Waals surface area contributed by atoms with Crippen molar-refractivity contribution in [3.8, 4) is 0 Å². The SMILES string of the molecule is Cc1ccc(NC(=O)COC(=O)c2c[nH]c3ccccc23)c(Cl)c1. The summed E-state index contributed by atoms with van der Waals surface area (Å²) in [6, 6.07) is 12.7. The van der Waals surface area contributed by atoms with Gasteiger partial charge in [0.2, 0.25) is 0 Å². The molecule has 5 nitrogen and oxygen atoms in total. The highest BCUT2D eigenvalue weighted by atomic mass is 35.5. The summed E-state index contributed by atoms with van der Waals surface area (Å²) in [6.07, 6.45) is 1.57. The van der Waals surface area contributed by atoms with Crippen molar-refractivity contribution in [1.82, 2.24) is 4.98 Å². The quantitative estimate of drug-likeness (QED) is 0.706. The molecule has 1 aromatic heterocycles. The van der Waals surface area contributed by atoms with E-state index in [0.717, 1.165) is 16.5 Å². The third kappa shape index (κ3) is 3.41. The number of amides is 1. The number of hydrogen-bond acceptors (Lipinski definition) is 3. The normalized spacial score (nSPS) is 10.6. The minimum atomic E-state index is -0.558. The first kappa shape index (κ1) is 16.1. The van der Waals surface area contributed by atoms with E-state index >= 15 is 0 Å². The van der Waals surface area contributed by atoms with Crippen LogP contribution in [-0.4, -0.2) is 23.5 Å². The maximum Gasteiger partial charge on any atom is 0.340 e. The van der Waals surface area contributed by atoms with Gasteiger partial charge in [-0.05, 0) is 30.7 Å². The molecule has 0 atom stereocenters. The lowest BCUT2D eigenvalue weighted by Gasteiger charge is -2.08. The van der Waals surface area contributed by atoms with E-state index in [9.17, 15) is 9.59 Å². The van der Waals surface area contributed by atoms with E-state index in [1.165, 1.54) is 0 Å². The number of H-pyrrole nitrogens is 1. The largest absolute Gasteiger partial charge is 0.452 e. The molecule has 122 valence electrons. The molecular weight excluding hydrogens is 328 g/mol. The summed E-state index contributed by atoms with van der Waals surface area (Å²) in [7, 11) is 0. The van der Waals surface area contributed by atoms with Crippen LogP contribution < -0.4 is 5.32 Å². The molecule has 0 saturated carbocycles. The molecule has 0 aliphatic rings. The molecule has 6 heteroatoms. The fourth-order valence-corrected chi connectivity index (χ4v) is 2.64. The summed E-state index contributed by atoms with van der Waals surface area (Å²) < 4.78 is 5.08. The molecule has 0 aliphatic heterocycles. The Morgan fingerprint density at radius 3 is 2.79 bits per heavy atom. The summed E-state index contributed by atoms with van der Waals surface area (Å²) in [6.45, 7) is 1.52. The Hall–Kier alpha value is -2.79. The van der Waals surface area contributed by atoms with Gasteiger partial charge in [-0.3, -0.25) is 4.79 Å². The van der Waals surface area contributed by atoms with E-state index < -0.39 is 11.9 Å². The highest BCUT2D eigenvalue weighted by Gasteiger charge is 2.15. The first-order valence-electron chi connectivity index (χ1n) is 7.34. The molecule has 0 radical (unpaired) electrons. The fraction of sp³-hybridized carbons (Fsp3) is 0.111. The summed E-state index contributed by atoms with van der Waals surface area (Å²) in [5.41, 5.74) is 2.70. The second-order valence-electron chi connectivity index (χ2n) is 5.36. The molecule has 0 saturated heterocycles. The van der Waals surface area contributed by atoms with E-state index in [2.05, 4.69) is 10.3 Å². The van der Waals surface area contributed by atoms with E-state index in [1.807, 2.05) is 37.3 Å². The first-order chi connectivity index (χ1) is 11.5. The number of para-hydroxylation sites is 1. The minimum Gasteiger partial charge on any atom is -0.452 e.